The third-order valence-electron chi connectivity index (χ3n) is 5.90. The number of hydrogen-bond donors (Lipinski definition) is 4. The molecule has 1 aromatic heterocycles. The van der Waals surface area contributed by atoms with Crippen LogP contribution in [0.4, 0.5) is 0 Å². The highest BCUT2D eigenvalue weighted by Gasteiger charge is 2.27. The van der Waals surface area contributed by atoms with Crippen molar-refractivity contribution in [3.63, 3.8) is 0 Å². The number of amides is 1. The number of aromatic nitrogens is 2. The number of fused-ring (bicyclic) bond motifs is 2. The second-order valence-corrected chi connectivity index (χ2v) is 8.04. The van der Waals surface area contributed by atoms with Gasteiger partial charge in [-0.15, -0.1) is 0 Å². The van der Waals surface area contributed by atoms with Crippen LogP contribution in [-0.2, 0) is 17.6 Å². The van der Waals surface area contributed by atoms with Crippen molar-refractivity contribution in [2.24, 2.45) is 0 Å². The Morgan fingerprint density at radius 2 is 2.16 bits per heavy atom. The van der Waals surface area contributed by atoms with E-state index in [1.54, 1.807) is 11.6 Å². The molecular weight excluding hydrogens is 392 g/mol. The monoisotopic (exact) mass is 420 g/mol. The molecule has 0 spiro atoms. The van der Waals surface area contributed by atoms with Crippen molar-refractivity contribution in [2.45, 2.75) is 32.2 Å². The largest absolute Gasteiger partial charge is 0.395 e. The molecule has 0 fully saturated rings. The lowest BCUT2D eigenvalue weighted by atomic mass is 10.0. The Bertz CT molecular complexity index is 1110. The van der Waals surface area contributed by atoms with Crippen molar-refractivity contribution in [3.8, 4) is 0 Å². The maximum Gasteiger partial charge on any atom is 0.267 e. The maximum absolute atomic E-state index is 11.2. The van der Waals surface area contributed by atoms with E-state index in [1.807, 2.05) is 12.1 Å². The maximum atomic E-state index is 11.2. The van der Waals surface area contributed by atoms with E-state index in [-0.39, 0.29) is 12.6 Å². The van der Waals surface area contributed by atoms with Crippen molar-refractivity contribution in [3.05, 3.63) is 70.6 Å². The van der Waals surface area contributed by atoms with E-state index in [1.165, 1.54) is 22.8 Å². The number of benzene rings is 2. The highest BCUT2D eigenvalue weighted by atomic mass is 16.5. The number of aromatic amines is 1. The van der Waals surface area contributed by atoms with Gasteiger partial charge >= 0.3 is 0 Å². The number of rotatable bonds is 8. The third-order valence-corrected chi connectivity index (χ3v) is 5.90. The van der Waals surface area contributed by atoms with Gasteiger partial charge in [0.05, 0.1) is 17.6 Å². The number of nitrogens with zero attached hydrogens (tertiary/aromatic N) is 2. The number of aliphatic hydroxyl groups excluding tert-OH is 1. The first-order valence-corrected chi connectivity index (χ1v) is 10.6. The number of hydrogen-bond acceptors (Lipinski definition) is 5. The van der Waals surface area contributed by atoms with Crippen LogP contribution < -0.4 is 5.48 Å². The van der Waals surface area contributed by atoms with Gasteiger partial charge in [-0.2, -0.15) is 0 Å². The molecule has 4 rings (SSSR count). The Balaban J connectivity index is 1.47. The zero-order chi connectivity index (χ0) is 21.8. The van der Waals surface area contributed by atoms with Crippen LogP contribution in [-0.4, -0.2) is 50.8 Å². The Morgan fingerprint density at radius 3 is 2.97 bits per heavy atom. The first kappa shape index (κ1) is 21.2. The molecule has 4 N–H and O–H groups in total. The summed E-state index contributed by atoms with van der Waals surface area (Å²) in [5.74, 6) is 0.414. The van der Waals surface area contributed by atoms with Crippen LogP contribution in [0.5, 0.6) is 0 Å². The summed E-state index contributed by atoms with van der Waals surface area (Å²) in [5.41, 5.74) is 8.31. The van der Waals surface area contributed by atoms with Gasteiger partial charge in [0.25, 0.3) is 5.91 Å². The molecule has 7 heteroatoms. The first-order chi connectivity index (χ1) is 15.1. The highest BCUT2D eigenvalue weighted by Crippen LogP contribution is 2.36. The summed E-state index contributed by atoms with van der Waals surface area (Å²) in [4.78, 5) is 21.7. The van der Waals surface area contributed by atoms with Gasteiger partial charge in [0.15, 0.2) is 0 Å². The van der Waals surface area contributed by atoms with Crippen molar-refractivity contribution < 1.29 is 15.1 Å². The molecule has 162 valence electrons. The quantitative estimate of drug-likeness (QED) is 0.255. The number of aryl methyl sites for hydroxylation is 2. The second kappa shape index (κ2) is 9.43. The predicted molar refractivity (Wildman–Crippen MR) is 120 cm³/mol. The zero-order valence-electron chi connectivity index (χ0n) is 17.6. The topological polar surface area (TPSA) is 101 Å². The van der Waals surface area contributed by atoms with Crippen molar-refractivity contribution in [2.75, 3.05) is 19.7 Å². The van der Waals surface area contributed by atoms with Gasteiger partial charge in [0, 0.05) is 31.6 Å². The lowest BCUT2D eigenvalue weighted by molar-refractivity contribution is -0.124. The fourth-order valence-corrected chi connectivity index (χ4v) is 4.40. The molecule has 7 nitrogen and oxygen atoms in total. The highest BCUT2D eigenvalue weighted by molar-refractivity contribution is 5.90. The lowest BCUT2D eigenvalue weighted by Crippen LogP contribution is -2.32. The summed E-state index contributed by atoms with van der Waals surface area (Å²) >= 11 is 0. The van der Waals surface area contributed by atoms with Gasteiger partial charge in [0.1, 0.15) is 5.82 Å². The SMILES string of the molecule is Cc1ccc2nc(CCN(CCO)C3CCc4cc(C=CC(=O)NO)ccc43)[nH]c2c1. The van der Waals surface area contributed by atoms with E-state index >= 15 is 0 Å². The van der Waals surface area contributed by atoms with Crippen LogP contribution >= 0.6 is 0 Å². The minimum absolute atomic E-state index is 0.113. The normalized spacial score (nSPS) is 15.8. The van der Waals surface area contributed by atoms with Gasteiger partial charge in [-0.3, -0.25) is 14.9 Å². The Kier molecular flexibility index (Phi) is 6.46. The number of carbonyl (C=O) groups is 1. The number of carbonyl (C=O) groups excluding carboxylic acids is 1. The molecular formula is C24H28N4O3. The minimum Gasteiger partial charge on any atom is -0.395 e. The molecule has 1 unspecified atom stereocenters. The molecule has 1 aliphatic rings. The van der Waals surface area contributed by atoms with Crippen LogP contribution in [0.1, 0.15) is 40.5 Å². The first-order valence-electron chi connectivity index (χ1n) is 10.6. The average molecular weight is 421 g/mol. The Morgan fingerprint density at radius 1 is 1.29 bits per heavy atom. The smallest absolute Gasteiger partial charge is 0.267 e. The lowest BCUT2D eigenvalue weighted by Gasteiger charge is -2.28. The zero-order valence-corrected chi connectivity index (χ0v) is 17.6. The minimum atomic E-state index is -0.548. The second-order valence-electron chi connectivity index (χ2n) is 8.04. The van der Waals surface area contributed by atoms with Crippen molar-refractivity contribution in [1.82, 2.24) is 20.3 Å². The van der Waals surface area contributed by atoms with Gasteiger partial charge in [-0.1, -0.05) is 24.3 Å². The summed E-state index contributed by atoms with van der Waals surface area (Å²) in [7, 11) is 0. The summed E-state index contributed by atoms with van der Waals surface area (Å²) in [6.07, 6.45) is 5.74. The van der Waals surface area contributed by atoms with Crippen LogP contribution in [0.25, 0.3) is 17.1 Å². The molecule has 0 radical (unpaired) electrons. The number of hydroxylamine groups is 1. The molecule has 31 heavy (non-hydrogen) atoms. The molecule has 1 heterocycles. The average Bonchev–Trinajstić information content (AvgIpc) is 3.37. The van der Waals surface area contributed by atoms with Crippen LogP contribution in [0.2, 0.25) is 0 Å². The van der Waals surface area contributed by atoms with E-state index in [0.717, 1.165) is 48.2 Å². The van der Waals surface area contributed by atoms with Crippen LogP contribution in [0.3, 0.4) is 0 Å². The standard InChI is InChI=1S/C24H28N4O3/c1-16-2-7-20-21(14-16)26-23(25-20)10-11-28(12-13-29)22-8-5-18-15-17(3-6-19(18)22)4-9-24(30)27-31/h2-4,6-7,9,14-15,22,29,31H,5,8,10-13H2,1H3,(H,25,26)(H,27,30). The van der Waals surface area contributed by atoms with E-state index in [0.29, 0.717) is 6.54 Å². The number of H-pyrrole nitrogens is 1. The summed E-state index contributed by atoms with van der Waals surface area (Å²) in [6.45, 7) is 3.61. The molecule has 0 bridgehead atoms. The van der Waals surface area contributed by atoms with Gasteiger partial charge in [-0.05, 0) is 60.2 Å². The fraction of sp³-hybridized carbons (Fsp3) is 0.333. The van der Waals surface area contributed by atoms with Gasteiger partial charge in [0.2, 0.25) is 0 Å². The number of aliphatic hydroxyl groups is 1. The summed E-state index contributed by atoms with van der Waals surface area (Å²) in [5, 5.41) is 18.3. The summed E-state index contributed by atoms with van der Waals surface area (Å²) in [6, 6.07) is 12.7. The molecule has 0 saturated heterocycles. The number of imidazole rings is 1. The molecule has 0 aliphatic heterocycles. The molecule has 0 saturated carbocycles. The fourth-order valence-electron chi connectivity index (χ4n) is 4.40. The van der Waals surface area contributed by atoms with Gasteiger partial charge < -0.3 is 10.1 Å². The van der Waals surface area contributed by atoms with E-state index < -0.39 is 5.91 Å². The van der Waals surface area contributed by atoms with Crippen molar-refractivity contribution in [1.29, 1.82) is 0 Å². The molecule has 1 aliphatic carbocycles. The molecule has 1 amide bonds. The third kappa shape index (κ3) is 4.85. The summed E-state index contributed by atoms with van der Waals surface area (Å²) < 4.78 is 0. The molecule has 1 atom stereocenters. The van der Waals surface area contributed by atoms with Crippen LogP contribution in [0, 0.1) is 6.92 Å². The van der Waals surface area contributed by atoms with E-state index in [4.69, 9.17) is 10.2 Å². The Labute approximate surface area is 181 Å². The van der Waals surface area contributed by atoms with E-state index in [2.05, 4.69) is 41.1 Å². The van der Waals surface area contributed by atoms with Gasteiger partial charge in [-0.25, -0.2) is 10.5 Å². The molecule has 3 aromatic rings. The van der Waals surface area contributed by atoms with Crippen LogP contribution in [0.15, 0.2) is 42.5 Å². The van der Waals surface area contributed by atoms with E-state index in [9.17, 15) is 9.90 Å². The Hall–Kier alpha value is -3.00. The predicted octanol–water partition coefficient (Wildman–Crippen LogP) is 2.91. The van der Waals surface area contributed by atoms with Crippen molar-refractivity contribution >= 4 is 23.0 Å². The molecule has 2 aromatic carbocycles. The number of nitrogens with one attached hydrogen (secondary N) is 2.